The van der Waals surface area contributed by atoms with Crippen molar-refractivity contribution in [1.29, 1.82) is 0 Å². The zero-order chi connectivity index (χ0) is 39.0. The zero-order valence-corrected chi connectivity index (χ0v) is 35.1. The van der Waals surface area contributed by atoms with E-state index in [2.05, 4.69) is 99.9 Å². The SMILES string of the molecule is CC(C)CCC[C@@H](C)[C@H]1CC[C@H]2[C@@H]3CC=C4CC(OC(=O)NCCCCCCNC(=O)c5ccc6ccc7cccc8ccc5c6c78)CC[C@]4(C)[C@H]3CC[C@]12C. The van der Waals surface area contributed by atoms with Gasteiger partial charge in [0, 0.05) is 25.1 Å². The fourth-order valence-electron chi connectivity index (χ4n) is 13.0. The van der Waals surface area contributed by atoms with E-state index in [1.54, 1.807) is 5.57 Å². The van der Waals surface area contributed by atoms with E-state index in [-0.39, 0.29) is 23.5 Å². The molecule has 4 aliphatic carbocycles. The Morgan fingerprint density at radius 3 is 2.23 bits per heavy atom. The second-order valence-corrected chi connectivity index (χ2v) is 19.6. The summed E-state index contributed by atoms with van der Waals surface area (Å²) in [4.78, 5) is 26.1. The molecule has 4 aromatic carbocycles. The highest BCUT2D eigenvalue weighted by Crippen LogP contribution is 2.67. The van der Waals surface area contributed by atoms with Crippen LogP contribution < -0.4 is 10.6 Å². The molecule has 1 unspecified atom stereocenters. The molecule has 0 radical (unpaired) electrons. The van der Waals surface area contributed by atoms with Crippen LogP contribution in [0, 0.1) is 46.3 Å². The molecule has 0 aliphatic heterocycles. The number of allylic oxidation sites excluding steroid dienone is 1. The second-order valence-electron chi connectivity index (χ2n) is 19.6. The lowest BCUT2D eigenvalue weighted by atomic mass is 9.47. The van der Waals surface area contributed by atoms with Gasteiger partial charge in [0.15, 0.2) is 0 Å². The van der Waals surface area contributed by atoms with Crippen LogP contribution in [0.4, 0.5) is 4.79 Å². The van der Waals surface area contributed by atoms with Gasteiger partial charge in [0.25, 0.3) is 5.91 Å². The van der Waals surface area contributed by atoms with Gasteiger partial charge in [-0.05, 0) is 143 Å². The minimum absolute atomic E-state index is 0.0132. The molecule has 0 aromatic heterocycles. The van der Waals surface area contributed by atoms with E-state index in [9.17, 15) is 9.59 Å². The molecule has 5 nitrogen and oxygen atoms in total. The lowest BCUT2D eigenvalue weighted by molar-refractivity contribution is -0.0581. The third-order valence-corrected chi connectivity index (χ3v) is 16.0. The molecule has 0 bridgehead atoms. The molecule has 4 aromatic rings. The minimum atomic E-state index is -0.263. The average molecular weight is 757 g/mol. The molecule has 2 N–H and O–H groups in total. The molecule has 0 spiro atoms. The number of amides is 2. The van der Waals surface area contributed by atoms with Gasteiger partial charge in [0.05, 0.1) is 0 Å². The van der Waals surface area contributed by atoms with E-state index in [0.717, 1.165) is 91.4 Å². The number of nitrogens with one attached hydrogen (secondary N) is 2. The largest absolute Gasteiger partial charge is 0.446 e. The number of carbonyl (C=O) groups excluding carboxylic acids is 2. The van der Waals surface area contributed by atoms with E-state index in [1.807, 2.05) is 6.07 Å². The summed E-state index contributed by atoms with van der Waals surface area (Å²) in [6, 6.07) is 18.9. The van der Waals surface area contributed by atoms with Crippen molar-refractivity contribution in [3.05, 3.63) is 71.8 Å². The standard InChI is InChI=1S/C51H68N2O3/c1-33(2)12-10-13-34(3)43-24-25-44-42-23-20-38-32-39(26-28-50(38,4)45(42)27-29-51(43,44)5)56-49(55)53-31-9-7-6-8-30-52-48(54)41-22-19-37-17-16-35-14-11-15-36-18-21-40(41)47(37)46(35)36/h11,14-22,33-34,39,42-45H,6-10,12-13,23-32H2,1-5H3,(H,52,54)(H,53,55)/t34-,39?,42+,43-,44+,45+,50+,51-/m1/s1. The topological polar surface area (TPSA) is 67.4 Å². The lowest BCUT2D eigenvalue weighted by Gasteiger charge is -2.58. The van der Waals surface area contributed by atoms with Gasteiger partial charge in [-0.3, -0.25) is 4.79 Å². The monoisotopic (exact) mass is 757 g/mol. The van der Waals surface area contributed by atoms with Crippen LogP contribution in [0.1, 0.15) is 141 Å². The molecule has 300 valence electrons. The molecule has 4 aliphatic rings. The number of hydrogen-bond donors (Lipinski definition) is 2. The van der Waals surface area contributed by atoms with Gasteiger partial charge in [-0.2, -0.15) is 0 Å². The number of alkyl carbamates (subject to hydrolysis) is 1. The molecule has 3 fully saturated rings. The number of hydrogen-bond acceptors (Lipinski definition) is 3. The molecule has 0 heterocycles. The van der Waals surface area contributed by atoms with Crippen molar-refractivity contribution in [2.45, 2.75) is 137 Å². The molecule has 8 atom stereocenters. The maximum absolute atomic E-state index is 13.3. The predicted octanol–water partition coefficient (Wildman–Crippen LogP) is 13.0. The Balaban J connectivity index is 0.747. The summed E-state index contributed by atoms with van der Waals surface area (Å²) in [5.74, 6) is 5.03. The van der Waals surface area contributed by atoms with Crippen LogP contribution in [0.25, 0.3) is 32.3 Å². The Morgan fingerprint density at radius 2 is 1.46 bits per heavy atom. The third-order valence-electron chi connectivity index (χ3n) is 16.0. The molecular formula is C51H68N2O3. The van der Waals surface area contributed by atoms with E-state index in [4.69, 9.17) is 4.74 Å². The van der Waals surface area contributed by atoms with Crippen molar-refractivity contribution in [3.8, 4) is 0 Å². The van der Waals surface area contributed by atoms with E-state index < -0.39 is 0 Å². The first-order valence-electron chi connectivity index (χ1n) is 22.7. The smallest absolute Gasteiger partial charge is 0.407 e. The van der Waals surface area contributed by atoms with Crippen LogP contribution in [0.2, 0.25) is 0 Å². The highest BCUT2D eigenvalue weighted by Gasteiger charge is 2.59. The quantitative estimate of drug-likeness (QED) is 0.0765. The summed E-state index contributed by atoms with van der Waals surface area (Å²) < 4.78 is 6.04. The molecular weight excluding hydrogens is 689 g/mol. The van der Waals surface area contributed by atoms with E-state index in [1.165, 1.54) is 78.3 Å². The Morgan fingerprint density at radius 1 is 0.750 bits per heavy atom. The van der Waals surface area contributed by atoms with Crippen molar-refractivity contribution in [3.63, 3.8) is 0 Å². The van der Waals surface area contributed by atoms with Gasteiger partial charge in [0.2, 0.25) is 0 Å². The molecule has 0 saturated heterocycles. The lowest BCUT2D eigenvalue weighted by Crippen LogP contribution is -2.51. The first kappa shape index (κ1) is 39.2. The van der Waals surface area contributed by atoms with Crippen LogP contribution in [-0.4, -0.2) is 31.2 Å². The van der Waals surface area contributed by atoms with Gasteiger partial charge in [-0.15, -0.1) is 0 Å². The van der Waals surface area contributed by atoms with E-state index >= 15 is 0 Å². The first-order valence-corrected chi connectivity index (χ1v) is 22.7. The van der Waals surface area contributed by atoms with Crippen LogP contribution in [0.3, 0.4) is 0 Å². The van der Waals surface area contributed by atoms with Gasteiger partial charge >= 0.3 is 6.09 Å². The normalized spacial score (nSPS) is 29.2. The van der Waals surface area contributed by atoms with Crippen molar-refractivity contribution in [2.75, 3.05) is 13.1 Å². The van der Waals surface area contributed by atoms with Crippen molar-refractivity contribution in [2.24, 2.45) is 46.3 Å². The number of unbranched alkanes of at least 4 members (excludes halogenated alkanes) is 3. The van der Waals surface area contributed by atoms with Gasteiger partial charge in [-0.25, -0.2) is 4.79 Å². The first-order chi connectivity index (χ1) is 27.1. The van der Waals surface area contributed by atoms with Crippen LogP contribution >= 0.6 is 0 Å². The van der Waals surface area contributed by atoms with Crippen LogP contribution in [0.15, 0.2) is 66.2 Å². The fourth-order valence-corrected chi connectivity index (χ4v) is 13.0. The number of ether oxygens (including phenoxy) is 1. The maximum Gasteiger partial charge on any atom is 0.407 e. The predicted molar refractivity (Wildman–Crippen MR) is 232 cm³/mol. The number of carbonyl (C=O) groups is 2. The number of fused-ring (bicyclic) bond motifs is 5. The molecule has 5 heteroatoms. The Bertz CT molecular complexity index is 2030. The Labute approximate surface area is 336 Å². The summed E-state index contributed by atoms with van der Waals surface area (Å²) in [5, 5.41) is 13.2. The summed E-state index contributed by atoms with van der Waals surface area (Å²) in [5.41, 5.74) is 3.10. The number of rotatable bonds is 14. The third kappa shape index (κ3) is 7.46. The Hall–Kier alpha value is -3.60. The van der Waals surface area contributed by atoms with Crippen molar-refractivity contribution in [1.82, 2.24) is 10.6 Å². The summed E-state index contributed by atoms with van der Waals surface area (Å²) in [7, 11) is 0. The van der Waals surface area contributed by atoms with Crippen molar-refractivity contribution >= 4 is 44.3 Å². The summed E-state index contributed by atoms with van der Waals surface area (Å²) >= 11 is 0. The van der Waals surface area contributed by atoms with Gasteiger partial charge in [-0.1, -0.05) is 127 Å². The molecule has 56 heavy (non-hydrogen) atoms. The highest BCUT2D eigenvalue weighted by atomic mass is 16.6. The minimum Gasteiger partial charge on any atom is -0.446 e. The number of benzene rings is 4. The summed E-state index contributed by atoms with van der Waals surface area (Å²) in [6.07, 6.45) is 20.2. The van der Waals surface area contributed by atoms with Gasteiger partial charge < -0.3 is 15.4 Å². The average Bonchev–Trinajstić information content (AvgIpc) is 3.55. The zero-order valence-electron chi connectivity index (χ0n) is 35.1. The van der Waals surface area contributed by atoms with Crippen LogP contribution in [-0.2, 0) is 4.74 Å². The highest BCUT2D eigenvalue weighted by molar-refractivity contribution is 6.26. The van der Waals surface area contributed by atoms with Crippen molar-refractivity contribution < 1.29 is 14.3 Å². The molecule has 8 rings (SSSR count). The fraction of sp³-hybridized carbons (Fsp3) is 0.608. The second kappa shape index (κ2) is 16.3. The van der Waals surface area contributed by atoms with E-state index in [0.29, 0.717) is 18.5 Å². The van der Waals surface area contributed by atoms with Gasteiger partial charge in [0.1, 0.15) is 6.10 Å². The molecule has 2 amide bonds. The van der Waals surface area contributed by atoms with Crippen LogP contribution in [0.5, 0.6) is 0 Å². The Kier molecular flexibility index (Phi) is 11.4. The summed E-state index contributed by atoms with van der Waals surface area (Å²) in [6.45, 7) is 13.8. The maximum atomic E-state index is 13.3. The molecule has 3 saturated carbocycles.